The number of amides is 1. The second kappa shape index (κ2) is 6.93. The van der Waals surface area contributed by atoms with Gasteiger partial charge in [0.15, 0.2) is 0 Å². The minimum absolute atomic E-state index is 0.0674. The van der Waals surface area contributed by atoms with Crippen LogP contribution < -0.4 is 0 Å². The summed E-state index contributed by atoms with van der Waals surface area (Å²) in [5.74, 6) is -0.325. The molecule has 1 aromatic carbocycles. The van der Waals surface area contributed by atoms with Gasteiger partial charge in [0.1, 0.15) is 13.2 Å². The summed E-state index contributed by atoms with van der Waals surface area (Å²) >= 11 is 0. The molecule has 0 spiro atoms. The fraction of sp³-hybridized carbons (Fsp3) is 0.467. The van der Waals surface area contributed by atoms with E-state index < -0.39 is 0 Å². The summed E-state index contributed by atoms with van der Waals surface area (Å²) < 4.78 is 10.3. The normalized spacial score (nSPS) is 17.9. The highest BCUT2D eigenvalue weighted by Crippen LogP contribution is 2.19. The Bertz CT molecular complexity index is 460. The first-order valence-electron chi connectivity index (χ1n) is 6.77. The number of benzene rings is 1. The van der Waals surface area contributed by atoms with Gasteiger partial charge in [-0.2, -0.15) is 0 Å². The van der Waals surface area contributed by atoms with Crippen LogP contribution in [-0.4, -0.2) is 36.2 Å². The first-order chi connectivity index (χ1) is 9.66. The second-order valence-electron chi connectivity index (χ2n) is 4.83. The first kappa shape index (κ1) is 14.4. The van der Waals surface area contributed by atoms with Crippen molar-refractivity contribution in [2.24, 2.45) is 0 Å². The van der Waals surface area contributed by atoms with Gasteiger partial charge in [0.25, 0.3) is 0 Å². The SMILES string of the molecule is CC(=O)OCC1CCCN1C(=O)OCc1ccccc1. The Morgan fingerprint density at radius 3 is 2.70 bits per heavy atom. The second-order valence-corrected chi connectivity index (χ2v) is 4.83. The predicted octanol–water partition coefficient (Wildman–Crippen LogP) is 2.35. The maximum atomic E-state index is 12.0. The fourth-order valence-electron chi connectivity index (χ4n) is 2.27. The van der Waals surface area contributed by atoms with Crippen molar-refractivity contribution in [2.45, 2.75) is 32.4 Å². The van der Waals surface area contributed by atoms with Gasteiger partial charge in [-0.05, 0) is 18.4 Å². The number of hydrogen-bond acceptors (Lipinski definition) is 4. The molecule has 1 aromatic rings. The van der Waals surface area contributed by atoms with Crippen LogP contribution in [0.3, 0.4) is 0 Å². The summed E-state index contributed by atoms with van der Waals surface area (Å²) in [4.78, 5) is 24.5. The lowest BCUT2D eigenvalue weighted by atomic mass is 10.2. The summed E-state index contributed by atoms with van der Waals surface area (Å²) in [6, 6.07) is 9.48. The number of likely N-dealkylation sites (tertiary alicyclic amines) is 1. The van der Waals surface area contributed by atoms with E-state index in [0.29, 0.717) is 6.54 Å². The first-order valence-corrected chi connectivity index (χ1v) is 6.77. The van der Waals surface area contributed by atoms with Gasteiger partial charge in [-0.15, -0.1) is 0 Å². The number of hydrogen-bond donors (Lipinski definition) is 0. The van der Waals surface area contributed by atoms with Crippen molar-refractivity contribution in [1.29, 1.82) is 0 Å². The maximum Gasteiger partial charge on any atom is 0.410 e. The molecule has 2 rings (SSSR count). The third kappa shape index (κ3) is 3.98. The molecule has 1 unspecified atom stereocenters. The van der Waals surface area contributed by atoms with Gasteiger partial charge < -0.3 is 14.4 Å². The lowest BCUT2D eigenvalue weighted by Gasteiger charge is -2.23. The van der Waals surface area contributed by atoms with E-state index >= 15 is 0 Å². The van der Waals surface area contributed by atoms with Gasteiger partial charge in [0.2, 0.25) is 0 Å². The van der Waals surface area contributed by atoms with Crippen molar-refractivity contribution in [1.82, 2.24) is 4.90 Å². The lowest BCUT2D eigenvalue weighted by molar-refractivity contribution is -0.142. The van der Waals surface area contributed by atoms with E-state index in [2.05, 4.69) is 0 Å². The minimum Gasteiger partial charge on any atom is -0.464 e. The van der Waals surface area contributed by atoms with Crippen LogP contribution >= 0.6 is 0 Å². The summed E-state index contributed by atoms with van der Waals surface area (Å²) in [5.41, 5.74) is 0.955. The van der Waals surface area contributed by atoms with Crippen LogP contribution in [0.15, 0.2) is 30.3 Å². The Morgan fingerprint density at radius 2 is 2.00 bits per heavy atom. The van der Waals surface area contributed by atoms with E-state index in [9.17, 15) is 9.59 Å². The van der Waals surface area contributed by atoms with E-state index in [0.717, 1.165) is 18.4 Å². The van der Waals surface area contributed by atoms with E-state index in [1.165, 1.54) is 6.92 Å². The van der Waals surface area contributed by atoms with E-state index in [4.69, 9.17) is 9.47 Å². The molecule has 0 radical (unpaired) electrons. The molecular formula is C15H19NO4. The smallest absolute Gasteiger partial charge is 0.410 e. The van der Waals surface area contributed by atoms with Crippen LogP contribution in [0.5, 0.6) is 0 Å². The van der Waals surface area contributed by atoms with Gasteiger partial charge in [0, 0.05) is 13.5 Å². The van der Waals surface area contributed by atoms with Gasteiger partial charge in [-0.1, -0.05) is 30.3 Å². The molecule has 5 nitrogen and oxygen atoms in total. The Morgan fingerprint density at radius 1 is 1.25 bits per heavy atom. The van der Waals surface area contributed by atoms with E-state index in [1.54, 1.807) is 4.90 Å². The maximum absolute atomic E-state index is 12.0. The lowest BCUT2D eigenvalue weighted by Crippen LogP contribution is -2.38. The third-order valence-electron chi connectivity index (χ3n) is 3.30. The van der Waals surface area contributed by atoms with Crippen molar-refractivity contribution in [2.75, 3.05) is 13.2 Å². The molecule has 0 aromatic heterocycles. The average molecular weight is 277 g/mol. The van der Waals surface area contributed by atoms with Gasteiger partial charge in [-0.3, -0.25) is 4.79 Å². The van der Waals surface area contributed by atoms with Gasteiger partial charge >= 0.3 is 12.1 Å². The van der Waals surface area contributed by atoms with Crippen molar-refractivity contribution >= 4 is 12.1 Å². The fourth-order valence-corrected chi connectivity index (χ4v) is 2.27. The molecule has 1 fully saturated rings. The summed E-state index contributed by atoms with van der Waals surface area (Å²) in [7, 11) is 0. The number of nitrogens with zero attached hydrogens (tertiary/aromatic N) is 1. The molecule has 5 heteroatoms. The highest BCUT2D eigenvalue weighted by Gasteiger charge is 2.30. The Kier molecular flexibility index (Phi) is 4.98. The quantitative estimate of drug-likeness (QED) is 0.793. The monoisotopic (exact) mass is 277 g/mol. The highest BCUT2D eigenvalue weighted by molar-refractivity contribution is 5.69. The zero-order chi connectivity index (χ0) is 14.4. The Labute approximate surface area is 118 Å². The number of rotatable bonds is 4. The van der Waals surface area contributed by atoms with E-state index in [-0.39, 0.29) is 31.3 Å². The van der Waals surface area contributed by atoms with Gasteiger partial charge in [0.05, 0.1) is 6.04 Å². The summed E-state index contributed by atoms with van der Waals surface area (Å²) in [5, 5.41) is 0. The molecular weight excluding hydrogens is 258 g/mol. The molecule has 1 heterocycles. The number of carbonyl (C=O) groups excluding carboxylic acids is 2. The average Bonchev–Trinajstić information content (AvgIpc) is 2.92. The van der Waals surface area contributed by atoms with Crippen LogP contribution in [-0.2, 0) is 20.9 Å². The van der Waals surface area contributed by atoms with Crippen molar-refractivity contribution in [3.05, 3.63) is 35.9 Å². The van der Waals surface area contributed by atoms with Gasteiger partial charge in [-0.25, -0.2) is 4.79 Å². The summed E-state index contributed by atoms with van der Waals surface area (Å²) in [6.07, 6.45) is 1.41. The molecule has 1 aliphatic rings. The molecule has 1 aliphatic heterocycles. The molecule has 0 bridgehead atoms. The predicted molar refractivity (Wildman–Crippen MR) is 73.0 cm³/mol. The molecule has 20 heavy (non-hydrogen) atoms. The zero-order valence-corrected chi connectivity index (χ0v) is 11.6. The molecule has 0 aliphatic carbocycles. The Hall–Kier alpha value is -2.04. The van der Waals surface area contributed by atoms with Crippen molar-refractivity contribution < 1.29 is 19.1 Å². The van der Waals surface area contributed by atoms with Crippen LogP contribution in [0.2, 0.25) is 0 Å². The van der Waals surface area contributed by atoms with Crippen LogP contribution in [0.25, 0.3) is 0 Å². The molecule has 1 saturated heterocycles. The number of ether oxygens (including phenoxy) is 2. The topological polar surface area (TPSA) is 55.8 Å². The minimum atomic E-state index is -0.344. The number of esters is 1. The standard InChI is InChI=1S/C15H19NO4/c1-12(17)19-11-14-8-5-9-16(14)15(18)20-10-13-6-3-2-4-7-13/h2-4,6-7,14H,5,8-11H2,1H3. The molecule has 1 atom stereocenters. The van der Waals surface area contributed by atoms with E-state index in [1.807, 2.05) is 30.3 Å². The van der Waals surface area contributed by atoms with Crippen molar-refractivity contribution in [3.63, 3.8) is 0 Å². The largest absolute Gasteiger partial charge is 0.464 e. The zero-order valence-electron chi connectivity index (χ0n) is 11.6. The van der Waals surface area contributed by atoms with Crippen molar-refractivity contribution in [3.8, 4) is 0 Å². The molecule has 0 N–H and O–H groups in total. The van der Waals surface area contributed by atoms with Crippen LogP contribution in [0.4, 0.5) is 4.79 Å². The molecule has 1 amide bonds. The molecule has 0 saturated carbocycles. The van der Waals surface area contributed by atoms with Crippen LogP contribution in [0.1, 0.15) is 25.3 Å². The summed E-state index contributed by atoms with van der Waals surface area (Å²) in [6.45, 7) is 2.53. The number of carbonyl (C=O) groups is 2. The molecule has 108 valence electrons. The highest BCUT2D eigenvalue weighted by atomic mass is 16.6. The van der Waals surface area contributed by atoms with Crippen LogP contribution in [0, 0.1) is 0 Å². The third-order valence-corrected chi connectivity index (χ3v) is 3.30. The Balaban J connectivity index is 1.83.